The highest BCUT2D eigenvalue weighted by molar-refractivity contribution is 5.78. The zero-order valence-corrected chi connectivity index (χ0v) is 11.2. The highest BCUT2D eigenvalue weighted by Gasteiger charge is 2.28. The number of rotatable bonds is 8. The van der Waals surface area contributed by atoms with Crippen molar-refractivity contribution >= 4 is 11.9 Å². The second kappa shape index (κ2) is 8.66. The first-order valence-electron chi connectivity index (χ1n) is 6.47. The average Bonchev–Trinajstić information content (AvgIpc) is 2.75. The Balaban J connectivity index is 2.16. The van der Waals surface area contributed by atoms with Crippen LogP contribution in [-0.4, -0.2) is 60.9 Å². The lowest BCUT2D eigenvalue weighted by Gasteiger charge is -2.21. The molecule has 1 aliphatic heterocycles. The molecule has 0 unspecified atom stereocenters. The van der Waals surface area contributed by atoms with Gasteiger partial charge < -0.3 is 19.5 Å². The lowest BCUT2D eigenvalue weighted by Crippen LogP contribution is -2.35. The summed E-state index contributed by atoms with van der Waals surface area (Å²) in [6, 6.07) is -0.0717. The largest absolute Gasteiger partial charge is 0.464 e. The quantitative estimate of drug-likeness (QED) is 0.385. The number of hydrogen-bond acceptors (Lipinski definition) is 5. The van der Waals surface area contributed by atoms with E-state index >= 15 is 0 Å². The third kappa shape index (κ3) is 5.40. The highest BCUT2D eigenvalue weighted by atomic mass is 16.6. The molecule has 1 saturated heterocycles. The summed E-state index contributed by atoms with van der Waals surface area (Å²) in [6.07, 6.45) is 4.76. The Morgan fingerprint density at radius 3 is 3.00 bits per heavy atom. The molecule has 0 radical (unpaired) electrons. The van der Waals surface area contributed by atoms with Gasteiger partial charge in [-0.15, -0.1) is 0 Å². The zero-order chi connectivity index (χ0) is 14.1. The van der Waals surface area contributed by atoms with Crippen LogP contribution in [-0.2, 0) is 19.1 Å². The first kappa shape index (κ1) is 15.7. The minimum atomic E-state index is -0.383. The summed E-state index contributed by atoms with van der Waals surface area (Å²) in [7, 11) is 0. The molecule has 108 valence electrons. The molecular weight excluding hydrogens is 250 g/mol. The normalized spacial score (nSPS) is 19.4. The average molecular weight is 271 g/mol. The Morgan fingerprint density at radius 1 is 1.53 bits per heavy atom. The Bertz CT molecular complexity index is 329. The fourth-order valence-electron chi connectivity index (χ4n) is 1.90. The molecule has 0 aromatic carbocycles. The van der Waals surface area contributed by atoms with E-state index in [1.165, 1.54) is 0 Å². The Hall–Kier alpha value is -1.40. The van der Waals surface area contributed by atoms with Gasteiger partial charge in [0.15, 0.2) is 0 Å². The second-order valence-corrected chi connectivity index (χ2v) is 4.21. The number of amides is 1. The number of carbonyl (C=O) groups is 2. The molecule has 1 fully saturated rings. The van der Waals surface area contributed by atoms with Crippen LogP contribution in [0.2, 0.25) is 0 Å². The number of esters is 1. The van der Waals surface area contributed by atoms with E-state index in [-0.39, 0.29) is 31.1 Å². The van der Waals surface area contributed by atoms with Gasteiger partial charge >= 0.3 is 5.97 Å². The van der Waals surface area contributed by atoms with Crippen molar-refractivity contribution in [3.8, 4) is 0 Å². The molecule has 1 heterocycles. The van der Waals surface area contributed by atoms with Gasteiger partial charge in [0, 0.05) is 13.0 Å². The summed E-state index contributed by atoms with van der Waals surface area (Å²) in [4.78, 5) is 24.1. The van der Waals surface area contributed by atoms with Crippen LogP contribution in [0.3, 0.4) is 0 Å². The number of aliphatic hydroxyl groups is 1. The van der Waals surface area contributed by atoms with E-state index in [0.29, 0.717) is 32.6 Å². The SMILES string of the molecule is CCOC(=O)COCC=CCN1C(=O)CC[C@@H]1CO. The fourth-order valence-corrected chi connectivity index (χ4v) is 1.90. The molecule has 1 atom stereocenters. The molecule has 0 aromatic heterocycles. The van der Waals surface area contributed by atoms with Crippen LogP contribution in [0.15, 0.2) is 12.2 Å². The molecule has 0 aromatic rings. The third-order valence-corrected chi connectivity index (χ3v) is 2.87. The molecule has 0 saturated carbocycles. The van der Waals surface area contributed by atoms with E-state index in [9.17, 15) is 9.59 Å². The van der Waals surface area contributed by atoms with Crippen molar-refractivity contribution < 1.29 is 24.2 Å². The van der Waals surface area contributed by atoms with E-state index in [4.69, 9.17) is 14.6 Å². The summed E-state index contributed by atoms with van der Waals surface area (Å²) >= 11 is 0. The molecule has 0 spiro atoms. The monoisotopic (exact) mass is 271 g/mol. The fraction of sp³-hybridized carbons (Fsp3) is 0.692. The molecule has 0 aliphatic carbocycles. The molecule has 1 N–H and O–H groups in total. The van der Waals surface area contributed by atoms with Crippen molar-refractivity contribution in [2.45, 2.75) is 25.8 Å². The lowest BCUT2D eigenvalue weighted by molar-refractivity contribution is -0.147. The standard InChI is InChI=1S/C13H21NO5/c1-2-19-13(17)10-18-8-4-3-7-14-11(9-15)5-6-12(14)16/h3-4,11,15H,2,5-10H2,1H3/t11-/m1/s1. The maximum Gasteiger partial charge on any atom is 0.332 e. The minimum Gasteiger partial charge on any atom is -0.464 e. The Labute approximate surface area is 113 Å². The maximum absolute atomic E-state index is 11.5. The zero-order valence-electron chi connectivity index (χ0n) is 11.2. The van der Waals surface area contributed by atoms with Crippen LogP contribution >= 0.6 is 0 Å². The van der Waals surface area contributed by atoms with Crippen molar-refractivity contribution in [3.05, 3.63) is 12.2 Å². The topological polar surface area (TPSA) is 76.1 Å². The van der Waals surface area contributed by atoms with E-state index in [1.807, 2.05) is 0 Å². The number of nitrogens with zero attached hydrogens (tertiary/aromatic N) is 1. The van der Waals surface area contributed by atoms with Crippen LogP contribution in [0.1, 0.15) is 19.8 Å². The molecule has 6 heteroatoms. The smallest absolute Gasteiger partial charge is 0.332 e. The van der Waals surface area contributed by atoms with E-state index in [0.717, 1.165) is 0 Å². The van der Waals surface area contributed by atoms with Gasteiger partial charge in [0.25, 0.3) is 0 Å². The van der Waals surface area contributed by atoms with E-state index < -0.39 is 0 Å². The van der Waals surface area contributed by atoms with Crippen molar-refractivity contribution in [3.63, 3.8) is 0 Å². The maximum atomic E-state index is 11.5. The Kier molecular flexibility index (Phi) is 7.14. The Morgan fingerprint density at radius 2 is 2.32 bits per heavy atom. The summed E-state index contributed by atoms with van der Waals surface area (Å²) < 4.78 is 9.78. The molecular formula is C13H21NO5. The van der Waals surface area contributed by atoms with Crippen LogP contribution in [0, 0.1) is 0 Å². The van der Waals surface area contributed by atoms with Crippen molar-refractivity contribution in [2.24, 2.45) is 0 Å². The van der Waals surface area contributed by atoms with Gasteiger partial charge in [-0.25, -0.2) is 4.79 Å². The first-order chi connectivity index (χ1) is 9.19. The lowest BCUT2D eigenvalue weighted by atomic mass is 10.2. The minimum absolute atomic E-state index is 0.00105. The van der Waals surface area contributed by atoms with Crippen molar-refractivity contribution in [1.82, 2.24) is 4.90 Å². The summed E-state index contributed by atoms with van der Waals surface area (Å²) in [6.45, 7) is 2.77. The van der Waals surface area contributed by atoms with Crippen molar-refractivity contribution in [1.29, 1.82) is 0 Å². The first-order valence-corrected chi connectivity index (χ1v) is 6.47. The van der Waals surface area contributed by atoms with Gasteiger partial charge in [0.1, 0.15) is 6.61 Å². The van der Waals surface area contributed by atoms with Crippen LogP contribution in [0.4, 0.5) is 0 Å². The molecule has 1 rings (SSSR count). The van der Waals surface area contributed by atoms with E-state index in [2.05, 4.69) is 0 Å². The van der Waals surface area contributed by atoms with E-state index in [1.54, 1.807) is 24.0 Å². The van der Waals surface area contributed by atoms with Crippen LogP contribution in [0.5, 0.6) is 0 Å². The number of likely N-dealkylation sites (tertiary alicyclic amines) is 1. The van der Waals surface area contributed by atoms with Gasteiger partial charge in [-0.1, -0.05) is 12.2 Å². The van der Waals surface area contributed by atoms with Gasteiger partial charge in [-0.2, -0.15) is 0 Å². The number of ether oxygens (including phenoxy) is 2. The summed E-state index contributed by atoms with van der Waals surface area (Å²) in [5.74, 6) is -0.317. The third-order valence-electron chi connectivity index (χ3n) is 2.87. The van der Waals surface area contributed by atoms with Crippen LogP contribution < -0.4 is 0 Å². The molecule has 0 bridgehead atoms. The number of hydrogen-bond donors (Lipinski definition) is 1. The number of aliphatic hydroxyl groups excluding tert-OH is 1. The van der Waals surface area contributed by atoms with Gasteiger partial charge in [-0.05, 0) is 13.3 Å². The summed E-state index contributed by atoms with van der Waals surface area (Å²) in [5.41, 5.74) is 0. The predicted octanol–water partition coefficient (Wildman–Crippen LogP) is 0.106. The molecule has 19 heavy (non-hydrogen) atoms. The van der Waals surface area contributed by atoms with Gasteiger partial charge in [-0.3, -0.25) is 4.79 Å². The van der Waals surface area contributed by atoms with Gasteiger partial charge in [0.05, 0.1) is 25.9 Å². The molecule has 6 nitrogen and oxygen atoms in total. The highest BCUT2D eigenvalue weighted by Crippen LogP contribution is 2.17. The summed E-state index contributed by atoms with van der Waals surface area (Å²) in [5, 5.41) is 9.11. The predicted molar refractivity (Wildman–Crippen MR) is 68.4 cm³/mol. The molecule has 1 amide bonds. The second-order valence-electron chi connectivity index (χ2n) is 4.21. The van der Waals surface area contributed by atoms with Crippen molar-refractivity contribution in [2.75, 3.05) is 33.0 Å². The molecule has 1 aliphatic rings. The van der Waals surface area contributed by atoms with Crippen LogP contribution in [0.25, 0.3) is 0 Å². The van der Waals surface area contributed by atoms with Gasteiger partial charge in [0.2, 0.25) is 5.91 Å². The number of carbonyl (C=O) groups excluding carboxylic acids is 2.